The van der Waals surface area contributed by atoms with Crippen molar-refractivity contribution in [2.45, 2.75) is 6.42 Å². The highest BCUT2D eigenvalue weighted by Gasteiger charge is 2.08. The third kappa shape index (κ3) is 5.00. The van der Waals surface area contributed by atoms with Crippen LogP contribution < -0.4 is 10.6 Å². The Morgan fingerprint density at radius 1 is 0.913 bits per heavy atom. The van der Waals surface area contributed by atoms with E-state index in [0.29, 0.717) is 30.6 Å². The number of aromatic hydroxyl groups is 1. The SMILES string of the molecule is O=C(NCCCNC(=O)c1ccc(O)c(Cl)c1)c1ccccc1. The second-order valence-electron chi connectivity index (χ2n) is 4.90. The van der Waals surface area contributed by atoms with Crippen molar-refractivity contribution in [3.8, 4) is 5.75 Å². The summed E-state index contributed by atoms with van der Waals surface area (Å²) in [5.41, 5.74) is 0.983. The molecule has 0 aliphatic heterocycles. The van der Waals surface area contributed by atoms with Gasteiger partial charge in [-0.05, 0) is 36.8 Å². The Labute approximate surface area is 139 Å². The molecule has 0 radical (unpaired) electrons. The lowest BCUT2D eigenvalue weighted by atomic mass is 10.2. The highest BCUT2D eigenvalue weighted by molar-refractivity contribution is 6.32. The standard InChI is InChI=1S/C17H17ClN2O3/c18-14-11-13(7-8-15(14)21)17(23)20-10-4-9-19-16(22)12-5-2-1-3-6-12/h1-3,5-8,11,21H,4,9-10H2,(H,19,22)(H,20,23). The molecule has 0 aromatic heterocycles. The number of carbonyl (C=O) groups excluding carboxylic acids is 2. The van der Waals surface area contributed by atoms with Gasteiger partial charge >= 0.3 is 0 Å². The number of amides is 2. The molecule has 0 bridgehead atoms. The minimum absolute atomic E-state index is 0.0631. The van der Waals surface area contributed by atoms with Crippen molar-refractivity contribution in [3.05, 3.63) is 64.7 Å². The molecule has 2 amide bonds. The van der Waals surface area contributed by atoms with E-state index >= 15 is 0 Å². The molecule has 0 saturated heterocycles. The first-order valence-corrected chi connectivity index (χ1v) is 7.55. The van der Waals surface area contributed by atoms with E-state index in [9.17, 15) is 14.7 Å². The molecule has 0 spiro atoms. The predicted octanol–water partition coefficient (Wildman–Crippen LogP) is 2.60. The van der Waals surface area contributed by atoms with Crippen molar-refractivity contribution in [3.63, 3.8) is 0 Å². The summed E-state index contributed by atoms with van der Waals surface area (Å²) in [4.78, 5) is 23.7. The molecule has 6 heteroatoms. The summed E-state index contributed by atoms with van der Waals surface area (Å²) in [6, 6.07) is 13.2. The number of rotatable bonds is 6. The summed E-state index contributed by atoms with van der Waals surface area (Å²) < 4.78 is 0. The number of carbonyl (C=O) groups is 2. The molecule has 0 aliphatic rings. The van der Waals surface area contributed by atoms with Crippen LogP contribution in [0.4, 0.5) is 0 Å². The van der Waals surface area contributed by atoms with E-state index in [-0.39, 0.29) is 22.6 Å². The highest BCUT2D eigenvalue weighted by Crippen LogP contribution is 2.23. The van der Waals surface area contributed by atoms with Gasteiger partial charge in [-0.25, -0.2) is 0 Å². The normalized spacial score (nSPS) is 10.1. The number of benzene rings is 2. The van der Waals surface area contributed by atoms with Crippen molar-refractivity contribution in [1.29, 1.82) is 0 Å². The van der Waals surface area contributed by atoms with Crippen molar-refractivity contribution in [2.24, 2.45) is 0 Å². The van der Waals surface area contributed by atoms with Crippen LogP contribution in [0.15, 0.2) is 48.5 Å². The summed E-state index contributed by atoms with van der Waals surface area (Å²) in [5.74, 6) is -0.477. The molecular weight excluding hydrogens is 316 g/mol. The third-order valence-corrected chi connectivity index (χ3v) is 3.47. The van der Waals surface area contributed by atoms with Gasteiger partial charge in [0.1, 0.15) is 5.75 Å². The van der Waals surface area contributed by atoms with Gasteiger partial charge in [0.05, 0.1) is 5.02 Å². The number of phenolic OH excluding ortho intramolecular Hbond substituents is 1. The Hall–Kier alpha value is -2.53. The third-order valence-electron chi connectivity index (χ3n) is 3.17. The van der Waals surface area contributed by atoms with Crippen LogP contribution in [-0.4, -0.2) is 30.0 Å². The van der Waals surface area contributed by atoms with Crippen LogP contribution in [0.1, 0.15) is 27.1 Å². The number of hydrogen-bond donors (Lipinski definition) is 3. The summed E-state index contributed by atoms with van der Waals surface area (Å²) in [6.45, 7) is 0.886. The molecule has 2 aromatic rings. The minimum Gasteiger partial charge on any atom is -0.506 e. The average molecular weight is 333 g/mol. The second kappa shape index (κ2) is 8.19. The zero-order valence-corrected chi connectivity index (χ0v) is 13.1. The number of halogens is 1. The van der Waals surface area contributed by atoms with E-state index in [1.807, 2.05) is 6.07 Å². The topological polar surface area (TPSA) is 78.4 Å². The van der Waals surface area contributed by atoms with Crippen molar-refractivity contribution in [1.82, 2.24) is 10.6 Å². The number of phenols is 1. The van der Waals surface area contributed by atoms with Crippen LogP contribution in [-0.2, 0) is 0 Å². The Kier molecular flexibility index (Phi) is 6.00. The van der Waals surface area contributed by atoms with Crippen LogP contribution >= 0.6 is 11.6 Å². The van der Waals surface area contributed by atoms with E-state index in [2.05, 4.69) is 10.6 Å². The monoisotopic (exact) mass is 332 g/mol. The molecule has 2 aromatic carbocycles. The molecule has 23 heavy (non-hydrogen) atoms. The summed E-state index contributed by atoms with van der Waals surface area (Å²) >= 11 is 5.76. The predicted molar refractivity (Wildman–Crippen MR) is 88.8 cm³/mol. The van der Waals surface area contributed by atoms with Gasteiger partial charge < -0.3 is 15.7 Å². The number of nitrogens with one attached hydrogen (secondary N) is 2. The van der Waals surface area contributed by atoms with Crippen molar-refractivity contribution in [2.75, 3.05) is 13.1 Å². The van der Waals surface area contributed by atoms with Gasteiger partial charge in [0.25, 0.3) is 11.8 Å². The molecule has 3 N–H and O–H groups in total. The molecular formula is C17H17ClN2O3. The zero-order chi connectivity index (χ0) is 16.7. The van der Waals surface area contributed by atoms with Crippen LogP contribution in [0.5, 0.6) is 5.75 Å². The summed E-state index contributed by atoms with van der Waals surface area (Å²) in [6.07, 6.45) is 0.607. The molecule has 120 valence electrons. The smallest absolute Gasteiger partial charge is 0.251 e. The first kappa shape index (κ1) is 16.8. The van der Waals surface area contributed by atoms with E-state index in [4.69, 9.17) is 11.6 Å². The maximum atomic E-state index is 11.9. The van der Waals surface area contributed by atoms with Gasteiger partial charge in [-0.1, -0.05) is 29.8 Å². The molecule has 0 atom stereocenters. The second-order valence-corrected chi connectivity index (χ2v) is 5.30. The van der Waals surface area contributed by atoms with Crippen molar-refractivity contribution < 1.29 is 14.7 Å². The van der Waals surface area contributed by atoms with Gasteiger partial charge in [0, 0.05) is 24.2 Å². The fourth-order valence-electron chi connectivity index (χ4n) is 1.93. The Morgan fingerprint density at radius 3 is 2.13 bits per heavy atom. The Bertz CT molecular complexity index is 689. The maximum absolute atomic E-state index is 11.9. The minimum atomic E-state index is -0.277. The average Bonchev–Trinajstić information content (AvgIpc) is 2.57. The van der Waals surface area contributed by atoms with Gasteiger partial charge in [0.15, 0.2) is 0 Å². The molecule has 5 nitrogen and oxygen atoms in total. The van der Waals surface area contributed by atoms with E-state index in [1.165, 1.54) is 18.2 Å². The first-order chi connectivity index (χ1) is 11.1. The quantitative estimate of drug-likeness (QED) is 0.711. The molecule has 0 aliphatic carbocycles. The largest absolute Gasteiger partial charge is 0.506 e. The van der Waals surface area contributed by atoms with E-state index in [1.54, 1.807) is 24.3 Å². The van der Waals surface area contributed by atoms with E-state index in [0.717, 1.165) is 0 Å². The highest BCUT2D eigenvalue weighted by atomic mass is 35.5. The fourth-order valence-corrected chi connectivity index (χ4v) is 2.11. The summed E-state index contributed by atoms with van der Waals surface area (Å²) in [5, 5.41) is 15.0. The van der Waals surface area contributed by atoms with E-state index < -0.39 is 0 Å². The van der Waals surface area contributed by atoms with Crippen LogP contribution in [0.25, 0.3) is 0 Å². The fraction of sp³-hybridized carbons (Fsp3) is 0.176. The summed E-state index contributed by atoms with van der Waals surface area (Å²) in [7, 11) is 0. The molecule has 2 rings (SSSR count). The lowest BCUT2D eigenvalue weighted by molar-refractivity contribution is 0.0952. The van der Waals surface area contributed by atoms with Crippen LogP contribution in [0, 0.1) is 0 Å². The van der Waals surface area contributed by atoms with Crippen molar-refractivity contribution >= 4 is 23.4 Å². The van der Waals surface area contributed by atoms with Crippen LogP contribution in [0.3, 0.4) is 0 Å². The Balaban J connectivity index is 1.70. The first-order valence-electron chi connectivity index (χ1n) is 7.18. The van der Waals surface area contributed by atoms with Gasteiger partial charge in [-0.3, -0.25) is 9.59 Å². The van der Waals surface area contributed by atoms with Gasteiger partial charge in [-0.15, -0.1) is 0 Å². The number of hydrogen-bond acceptors (Lipinski definition) is 3. The van der Waals surface area contributed by atoms with Gasteiger partial charge in [-0.2, -0.15) is 0 Å². The molecule has 0 unspecified atom stereocenters. The zero-order valence-electron chi connectivity index (χ0n) is 12.4. The molecule has 0 saturated carbocycles. The lowest BCUT2D eigenvalue weighted by Crippen LogP contribution is -2.29. The Morgan fingerprint density at radius 2 is 1.52 bits per heavy atom. The van der Waals surface area contributed by atoms with Gasteiger partial charge in [0.2, 0.25) is 0 Å². The lowest BCUT2D eigenvalue weighted by Gasteiger charge is -2.07. The molecule has 0 heterocycles. The molecule has 0 fully saturated rings. The maximum Gasteiger partial charge on any atom is 0.251 e. The van der Waals surface area contributed by atoms with Crippen LogP contribution in [0.2, 0.25) is 5.02 Å².